The molecule has 0 radical (unpaired) electrons. The Balaban J connectivity index is 2.14. The maximum absolute atomic E-state index is 11.9. The van der Waals surface area contributed by atoms with Gasteiger partial charge >= 0.3 is 0 Å². The van der Waals surface area contributed by atoms with Crippen molar-refractivity contribution in [1.82, 2.24) is 0 Å². The fourth-order valence-electron chi connectivity index (χ4n) is 1.44. The van der Waals surface area contributed by atoms with E-state index in [1.54, 1.807) is 30.3 Å². The van der Waals surface area contributed by atoms with Crippen LogP contribution in [0.15, 0.2) is 53.4 Å². The largest absolute Gasteiger partial charge is 0.297 e. The van der Waals surface area contributed by atoms with Crippen molar-refractivity contribution in [2.75, 3.05) is 0 Å². The summed E-state index contributed by atoms with van der Waals surface area (Å²) < 4.78 is 28.8. The molecule has 0 saturated carbocycles. The first kappa shape index (κ1) is 14.3. The van der Waals surface area contributed by atoms with Gasteiger partial charge in [0.1, 0.15) is 0 Å². The summed E-state index contributed by atoms with van der Waals surface area (Å²) in [5.74, 6) is 0. The van der Waals surface area contributed by atoms with Crippen LogP contribution in [0.25, 0.3) is 0 Å². The summed E-state index contributed by atoms with van der Waals surface area (Å²) in [7, 11) is -3.78. The fraction of sp³-hybridized carbons (Fsp3) is 0.0769. The molecule has 2 rings (SSSR count). The van der Waals surface area contributed by atoms with Crippen molar-refractivity contribution in [2.45, 2.75) is 11.5 Å². The van der Waals surface area contributed by atoms with Gasteiger partial charge in [-0.15, -0.1) is 0 Å². The van der Waals surface area contributed by atoms with Crippen molar-refractivity contribution in [3.8, 4) is 0 Å². The highest BCUT2D eigenvalue weighted by atomic mass is 35.5. The van der Waals surface area contributed by atoms with Gasteiger partial charge in [-0.2, -0.15) is 8.42 Å². The molecule has 0 bridgehead atoms. The van der Waals surface area contributed by atoms with Gasteiger partial charge in [-0.05, 0) is 29.8 Å². The molecule has 2 aromatic rings. The van der Waals surface area contributed by atoms with Gasteiger partial charge in [0.2, 0.25) is 0 Å². The van der Waals surface area contributed by atoms with Gasteiger partial charge in [0.15, 0.2) is 0 Å². The maximum Gasteiger partial charge on any atom is 0.297 e. The lowest BCUT2D eigenvalue weighted by atomic mass is 10.2. The highest BCUT2D eigenvalue weighted by molar-refractivity contribution is 7.86. The van der Waals surface area contributed by atoms with Crippen LogP contribution in [0.2, 0.25) is 10.0 Å². The van der Waals surface area contributed by atoms with Gasteiger partial charge < -0.3 is 0 Å². The average Bonchev–Trinajstić information content (AvgIpc) is 2.39. The normalized spacial score (nSPS) is 11.5. The van der Waals surface area contributed by atoms with E-state index in [1.165, 1.54) is 18.2 Å². The Morgan fingerprint density at radius 2 is 1.68 bits per heavy atom. The van der Waals surface area contributed by atoms with E-state index in [-0.39, 0.29) is 11.5 Å². The second kappa shape index (κ2) is 5.92. The summed E-state index contributed by atoms with van der Waals surface area (Å²) in [6.07, 6.45) is 0. The second-order valence-corrected chi connectivity index (χ2v) is 6.22. The lowest BCUT2D eigenvalue weighted by Gasteiger charge is -2.07. The minimum Gasteiger partial charge on any atom is -0.261 e. The monoisotopic (exact) mass is 316 g/mol. The zero-order valence-corrected chi connectivity index (χ0v) is 12.0. The first-order valence-corrected chi connectivity index (χ1v) is 7.54. The maximum atomic E-state index is 11.9. The van der Waals surface area contributed by atoms with Gasteiger partial charge in [-0.25, -0.2) is 0 Å². The Morgan fingerprint density at radius 1 is 1.00 bits per heavy atom. The van der Waals surface area contributed by atoms with Crippen LogP contribution >= 0.6 is 23.2 Å². The van der Waals surface area contributed by atoms with Crippen LogP contribution in [0.5, 0.6) is 0 Å². The number of rotatable bonds is 4. The zero-order chi connectivity index (χ0) is 13.9. The van der Waals surface area contributed by atoms with E-state index in [2.05, 4.69) is 0 Å². The van der Waals surface area contributed by atoms with Crippen LogP contribution in [0, 0.1) is 0 Å². The first-order chi connectivity index (χ1) is 8.99. The zero-order valence-electron chi connectivity index (χ0n) is 9.71. The molecule has 0 aliphatic carbocycles. The molecule has 3 nitrogen and oxygen atoms in total. The Labute approximate surface area is 121 Å². The topological polar surface area (TPSA) is 43.4 Å². The van der Waals surface area contributed by atoms with Crippen LogP contribution in [0.3, 0.4) is 0 Å². The van der Waals surface area contributed by atoms with Gasteiger partial charge in [0.25, 0.3) is 10.1 Å². The first-order valence-electron chi connectivity index (χ1n) is 5.37. The summed E-state index contributed by atoms with van der Waals surface area (Å²) in [6, 6.07) is 12.7. The summed E-state index contributed by atoms with van der Waals surface area (Å²) in [5, 5.41) is 0.857. The summed E-state index contributed by atoms with van der Waals surface area (Å²) in [6.45, 7) is -0.132. The predicted molar refractivity (Wildman–Crippen MR) is 74.9 cm³/mol. The van der Waals surface area contributed by atoms with E-state index in [1.807, 2.05) is 0 Å². The van der Waals surface area contributed by atoms with Gasteiger partial charge in [0, 0.05) is 10.0 Å². The number of halogens is 2. The minimum atomic E-state index is -3.78. The molecule has 0 aromatic heterocycles. The van der Waals surface area contributed by atoms with Crippen LogP contribution in [0.4, 0.5) is 0 Å². The van der Waals surface area contributed by atoms with Crippen molar-refractivity contribution in [1.29, 1.82) is 0 Å². The van der Waals surface area contributed by atoms with Crippen LogP contribution in [-0.2, 0) is 20.9 Å². The SMILES string of the molecule is O=S(=O)(OCc1ccc(Cl)cc1Cl)c1ccccc1. The fourth-order valence-corrected chi connectivity index (χ4v) is 2.81. The van der Waals surface area contributed by atoms with Crippen molar-refractivity contribution in [2.24, 2.45) is 0 Å². The number of hydrogen-bond donors (Lipinski definition) is 0. The van der Waals surface area contributed by atoms with Crippen LogP contribution in [0.1, 0.15) is 5.56 Å². The highest BCUT2D eigenvalue weighted by Gasteiger charge is 2.15. The molecule has 0 saturated heterocycles. The molecule has 0 unspecified atom stereocenters. The molecule has 2 aromatic carbocycles. The van der Waals surface area contributed by atoms with E-state index in [0.29, 0.717) is 15.6 Å². The van der Waals surface area contributed by atoms with Crippen LogP contribution in [-0.4, -0.2) is 8.42 Å². The van der Waals surface area contributed by atoms with E-state index >= 15 is 0 Å². The molecule has 0 N–H and O–H groups in total. The Bertz CT molecular complexity index is 670. The molecular formula is C13H10Cl2O3S. The molecule has 6 heteroatoms. The third-order valence-corrected chi connectivity index (χ3v) is 4.28. The standard InChI is InChI=1S/C13H10Cl2O3S/c14-11-7-6-10(13(15)8-11)9-18-19(16,17)12-4-2-1-3-5-12/h1-8H,9H2. The molecule has 100 valence electrons. The minimum absolute atomic E-state index is 0.111. The Kier molecular flexibility index (Phi) is 4.47. The molecular weight excluding hydrogens is 307 g/mol. The number of benzene rings is 2. The van der Waals surface area contributed by atoms with Gasteiger partial charge in [-0.3, -0.25) is 4.18 Å². The molecule has 0 spiro atoms. The van der Waals surface area contributed by atoms with Crippen molar-refractivity contribution in [3.63, 3.8) is 0 Å². The number of hydrogen-bond acceptors (Lipinski definition) is 3. The molecule has 19 heavy (non-hydrogen) atoms. The average molecular weight is 317 g/mol. The lowest BCUT2D eigenvalue weighted by molar-refractivity contribution is 0.308. The van der Waals surface area contributed by atoms with Crippen molar-refractivity contribution >= 4 is 33.3 Å². The Morgan fingerprint density at radius 3 is 2.32 bits per heavy atom. The highest BCUT2D eigenvalue weighted by Crippen LogP contribution is 2.23. The van der Waals surface area contributed by atoms with E-state index in [9.17, 15) is 8.42 Å². The van der Waals surface area contributed by atoms with E-state index in [0.717, 1.165) is 0 Å². The van der Waals surface area contributed by atoms with Gasteiger partial charge in [0.05, 0.1) is 11.5 Å². The quantitative estimate of drug-likeness (QED) is 0.803. The van der Waals surface area contributed by atoms with Crippen molar-refractivity contribution in [3.05, 3.63) is 64.1 Å². The predicted octanol–water partition coefficient (Wildman–Crippen LogP) is 3.90. The summed E-state index contributed by atoms with van der Waals surface area (Å²) >= 11 is 11.7. The van der Waals surface area contributed by atoms with E-state index < -0.39 is 10.1 Å². The summed E-state index contributed by atoms with van der Waals surface area (Å²) in [5.41, 5.74) is 0.561. The molecule has 0 heterocycles. The van der Waals surface area contributed by atoms with Crippen LogP contribution < -0.4 is 0 Å². The molecule has 0 atom stereocenters. The smallest absolute Gasteiger partial charge is 0.261 e. The lowest BCUT2D eigenvalue weighted by Crippen LogP contribution is -2.06. The molecule has 0 aliphatic heterocycles. The van der Waals surface area contributed by atoms with Crippen molar-refractivity contribution < 1.29 is 12.6 Å². The summed E-state index contributed by atoms with van der Waals surface area (Å²) in [4.78, 5) is 0.111. The third-order valence-electron chi connectivity index (χ3n) is 2.42. The molecule has 0 fully saturated rings. The second-order valence-electron chi connectivity index (χ2n) is 3.77. The molecule has 0 aliphatic rings. The third kappa shape index (κ3) is 3.70. The molecule has 0 amide bonds. The Hall–Kier alpha value is -1.07. The van der Waals surface area contributed by atoms with Gasteiger partial charge in [-0.1, -0.05) is 47.5 Å². The van der Waals surface area contributed by atoms with E-state index in [4.69, 9.17) is 27.4 Å².